The molecule has 150 valence electrons. The van der Waals surface area contributed by atoms with Crippen LogP contribution in [0.1, 0.15) is 48.5 Å². The van der Waals surface area contributed by atoms with E-state index in [2.05, 4.69) is 10.0 Å². The fraction of sp³-hybridized carbons (Fsp3) is 0.381. The third-order valence-electron chi connectivity index (χ3n) is 5.37. The molecule has 0 heterocycles. The summed E-state index contributed by atoms with van der Waals surface area (Å²) >= 11 is 0. The van der Waals surface area contributed by atoms with Crippen LogP contribution in [0.25, 0.3) is 0 Å². The Morgan fingerprint density at radius 1 is 1.04 bits per heavy atom. The number of sulfonamides is 1. The molecular weight excluding hydrogens is 379 g/mol. The Bertz CT molecular complexity index is 919. The van der Waals surface area contributed by atoms with Crippen LogP contribution < -0.4 is 10.0 Å². The van der Waals surface area contributed by atoms with E-state index in [1.165, 1.54) is 36.4 Å². The molecule has 28 heavy (non-hydrogen) atoms. The van der Waals surface area contributed by atoms with E-state index in [9.17, 15) is 17.6 Å². The van der Waals surface area contributed by atoms with E-state index in [-0.39, 0.29) is 22.0 Å². The first kappa shape index (κ1) is 20.5. The molecule has 1 fully saturated rings. The van der Waals surface area contributed by atoms with Crippen molar-refractivity contribution in [2.45, 2.75) is 42.9 Å². The molecule has 2 N–H and O–H groups in total. The van der Waals surface area contributed by atoms with Crippen LogP contribution in [0.15, 0.2) is 53.4 Å². The summed E-state index contributed by atoms with van der Waals surface area (Å²) in [7, 11) is -3.54. The second kappa shape index (κ2) is 8.41. The number of carbonyl (C=O) groups is 1. The van der Waals surface area contributed by atoms with Crippen LogP contribution in [0.4, 0.5) is 4.39 Å². The molecule has 3 rings (SSSR count). The predicted octanol–water partition coefficient (Wildman–Crippen LogP) is 3.37. The lowest BCUT2D eigenvalue weighted by molar-refractivity contribution is 0.0943. The van der Waals surface area contributed by atoms with Crippen LogP contribution in [0.2, 0.25) is 0 Å². The third kappa shape index (κ3) is 4.42. The highest BCUT2D eigenvalue weighted by Crippen LogP contribution is 2.40. The lowest BCUT2D eigenvalue weighted by Gasteiger charge is -2.30. The highest BCUT2D eigenvalue weighted by atomic mass is 32.2. The zero-order chi connectivity index (χ0) is 20.2. The van der Waals surface area contributed by atoms with Gasteiger partial charge in [-0.25, -0.2) is 17.5 Å². The molecule has 1 amide bonds. The van der Waals surface area contributed by atoms with Crippen molar-refractivity contribution in [3.63, 3.8) is 0 Å². The number of nitrogens with one attached hydrogen (secondary N) is 2. The highest BCUT2D eigenvalue weighted by Gasteiger charge is 2.36. The van der Waals surface area contributed by atoms with Gasteiger partial charge in [0, 0.05) is 24.1 Å². The Morgan fingerprint density at radius 2 is 1.64 bits per heavy atom. The van der Waals surface area contributed by atoms with Gasteiger partial charge in [0.15, 0.2) is 0 Å². The van der Waals surface area contributed by atoms with E-state index in [1.54, 1.807) is 19.1 Å². The van der Waals surface area contributed by atoms with Gasteiger partial charge in [-0.2, -0.15) is 0 Å². The summed E-state index contributed by atoms with van der Waals surface area (Å²) in [6.45, 7) is 2.48. The molecule has 0 aliphatic heterocycles. The van der Waals surface area contributed by atoms with E-state index in [0.29, 0.717) is 18.7 Å². The summed E-state index contributed by atoms with van der Waals surface area (Å²) in [4.78, 5) is 12.7. The van der Waals surface area contributed by atoms with Crippen molar-refractivity contribution in [1.82, 2.24) is 10.0 Å². The Kier molecular flexibility index (Phi) is 6.15. The van der Waals surface area contributed by atoms with E-state index in [0.717, 1.165) is 31.2 Å². The van der Waals surface area contributed by atoms with Gasteiger partial charge in [0.1, 0.15) is 5.82 Å². The first-order valence-corrected chi connectivity index (χ1v) is 11.0. The molecule has 0 saturated heterocycles. The van der Waals surface area contributed by atoms with Crippen molar-refractivity contribution in [3.05, 3.63) is 65.5 Å². The largest absolute Gasteiger partial charge is 0.351 e. The van der Waals surface area contributed by atoms with Gasteiger partial charge in [-0.05, 0) is 54.8 Å². The summed E-state index contributed by atoms with van der Waals surface area (Å²) in [5.41, 5.74) is 1.26. The molecule has 7 heteroatoms. The topological polar surface area (TPSA) is 75.3 Å². The van der Waals surface area contributed by atoms with Gasteiger partial charge in [0.2, 0.25) is 10.0 Å². The molecule has 1 saturated carbocycles. The zero-order valence-corrected chi connectivity index (χ0v) is 16.7. The van der Waals surface area contributed by atoms with E-state index >= 15 is 0 Å². The number of hydrogen-bond acceptors (Lipinski definition) is 3. The number of amides is 1. The molecule has 0 bridgehead atoms. The summed E-state index contributed by atoms with van der Waals surface area (Å²) in [5, 5.41) is 2.98. The van der Waals surface area contributed by atoms with E-state index in [4.69, 9.17) is 0 Å². The maximum Gasteiger partial charge on any atom is 0.251 e. The van der Waals surface area contributed by atoms with Gasteiger partial charge in [0.25, 0.3) is 5.91 Å². The minimum atomic E-state index is -3.54. The van der Waals surface area contributed by atoms with E-state index in [1.807, 2.05) is 0 Å². The standard InChI is InChI=1S/C21H25FN2O3S/c1-2-24-28(26,27)19-11-5-16(6-12-19)20(25)23-15-21(13-3-4-14-21)17-7-9-18(22)10-8-17/h5-12,24H,2-4,13-15H2,1H3,(H,23,25). The maximum absolute atomic E-state index is 13.3. The lowest BCUT2D eigenvalue weighted by atomic mass is 9.78. The first-order valence-electron chi connectivity index (χ1n) is 9.50. The average Bonchev–Trinajstić information content (AvgIpc) is 3.17. The fourth-order valence-electron chi connectivity index (χ4n) is 3.83. The molecule has 0 spiro atoms. The van der Waals surface area contributed by atoms with Crippen LogP contribution >= 0.6 is 0 Å². The number of carbonyl (C=O) groups excluding carboxylic acids is 1. The smallest absolute Gasteiger partial charge is 0.251 e. The second-order valence-electron chi connectivity index (χ2n) is 7.20. The molecule has 0 radical (unpaired) electrons. The van der Waals surface area contributed by atoms with Gasteiger partial charge in [-0.3, -0.25) is 4.79 Å². The van der Waals surface area contributed by atoms with Crippen molar-refractivity contribution in [2.75, 3.05) is 13.1 Å². The Morgan fingerprint density at radius 3 is 2.21 bits per heavy atom. The normalized spacial score (nSPS) is 16.1. The van der Waals surface area contributed by atoms with Gasteiger partial charge >= 0.3 is 0 Å². The molecule has 2 aromatic rings. The minimum absolute atomic E-state index is 0.129. The summed E-state index contributed by atoms with van der Waals surface area (Å²) in [5.74, 6) is -0.519. The lowest BCUT2D eigenvalue weighted by Crippen LogP contribution is -2.39. The van der Waals surface area contributed by atoms with Gasteiger partial charge < -0.3 is 5.32 Å². The molecule has 0 atom stereocenters. The SMILES string of the molecule is CCNS(=O)(=O)c1ccc(C(=O)NCC2(c3ccc(F)cc3)CCCC2)cc1. The Balaban J connectivity index is 1.71. The average molecular weight is 405 g/mol. The molecule has 1 aliphatic carbocycles. The van der Waals surface area contributed by atoms with Crippen molar-refractivity contribution < 1.29 is 17.6 Å². The quantitative estimate of drug-likeness (QED) is 0.743. The molecule has 2 aromatic carbocycles. The molecular formula is C21H25FN2O3S. The number of hydrogen-bond donors (Lipinski definition) is 2. The summed E-state index contributed by atoms with van der Waals surface area (Å²) in [6, 6.07) is 12.4. The highest BCUT2D eigenvalue weighted by molar-refractivity contribution is 7.89. The first-order chi connectivity index (χ1) is 13.4. The Labute approximate surface area is 165 Å². The van der Waals surface area contributed by atoms with Crippen LogP contribution in [0.3, 0.4) is 0 Å². The van der Waals surface area contributed by atoms with Crippen molar-refractivity contribution in [2.24, 2.45) is 0 Å². The van der Waals surface area contributed by atoms with Gasteiger partial charge in [-0.15, -0.1) is 0 Å². The summed E-state index contributed by atoms with van der Waals surface area (Å²) in [6.07, 6.45) is 4.03. The van der Waals surface area contributed by atoms with Crippen LogP contribution in [0.5, 0.6) is 0 Å². The monoisotopic (exact) mass is 404 g/mol. The van der Waals surface area contributed by atoms with Crippen molar-refractivity contribution in [3.8, 4) is 0 Å². The molecule has 1 aliphatic rings. The van der Waals surface area contributed by atoms with Gasteiger partial charge in [-0.1, -0.05) is 31.9 Å². The molecule has 0 unspecified atom stereocenters. The van der Waals surface area contributed by atoms with Crippen molar-refractivity contribution in [1.29, 1.82) is 0 Å². The Hall–Kier alpha value is -2.25. The van der Waals surface area contributed by atoms with Crippen LogP contribution in [-0.4, -0.2) is 27.4 Å². The third-order valence-corrected chi connectivity index (χ3v) is 6.93. The predicted molar refractivity (Wildman–Crippen MR) is 106 cm³/mol. The zero-order valence-electron chi connectivity index (χ0n) is 15.9. The second-order valence-corrected chi connectivity index (χ2v) is 8.97. The van der Waals surface area contributed by atoms with Crippen LogP contribution in [0, 0.1) is 5.82 Å². The number of halogens is 1. The summed E-state index contributed by atoms with van der Waals surface area (Å²) < 4.78 is 39.7. The maximum atomic E-state index is 13.3. The van der Waals surface area contributed by atoms with E-state index < -0.39 is 10.0 Å². The number of benzene rings is 2. The fourth-order valence-corrected chi connectivity index (χ4v) is 4.87. The van der Waals surface area contributed by atoms with Crippen LogP contribution in [-0.2, 0) is 15.4 Å². The molecule has 5 nitrogen and oxygen atoms in total. The molecule has 0 aromatic heterocycles. The van der Waals surface area contributed by atoms with Crippen molar-refractivity contribution >= 4 is 15.9 Å². The van der Waals surface area contributed by atoms with Gasteiger partial charge in [0.05, 0.1) is 4.90 Å². The minimum Gasteiger partial charge on any atom is -0.351 e. The number of rotatable bonds is 7.